The normalized spacial score (nSPS) is 18.5. The van der Waals surface area contributed by atoms with Gasteiger partial charge in [0.1, 0.15) is 0 Å². The SMILES string of the molecule is CC1=C(C=[N+]=[N-])CCCC1. The van der Waals surface area contributed by atoms with Crippen molar-refractivity contribution in [2.45, 2.75) is 32.6 Å². The molecule has 0 amide bonds. The van der Waals surface area contributed by atoms with Crippen LogP contribution in [0.3, 0.4) is 0 Å². The highest BCUT2D eigenvalue weighted by Gasteiger charge is 2.09. The molecule has 0 aliphatic heterocycles. The van der Waals surface area contributed by atoms with Crippen molar-refractivity contribution in [3.63, 3.8) is 0 Å². The van der Waals surface area contributed by atoms with Gasteiger partial charge in [-0.05, 0) is 32.6 Å². The molecule has 2 heteroatoms. The van der Waals surface area contributed by atoms with E-state index in [9.17, 15) is 0 Å². The van der Waals surface area contributed by atoms with Crippen molar-refractivity contribution in [2.75, 3.05) is 0 Å². The number of allylic oxidation sites excluding steroid dienone is 2. The topological polar surface area (TPSA) is 36.4 Å². The van der Waals surface area contributed by atoms with Gasteiger partial charge in [0.2, 0.25) is 0 Å². The Balaban J connectivity index is 2.77. The molecule has 0 aromatic carbocycles. The van der Waals surface area contributed by atoms with Crippen molar-refractivity contribution in [3.05, 3.63) is 16.7 Å². The molecule has 1 rings (SSSR count). The molecule has 2 nitrogen and oxygen atoms in total. The van der Waals surface area contributed by atoms with E-state index < -0.39 is 0 Å². The van der Waals surface area contributed by atoms with Crippen molar-refractivity contribution >= 4 is 6.21 Å². The van der Waals surface area contributed by atoms with Gasteiger partial charge in [-0.3, -0.25) is 0 Å². The molecule has 1 aliphatic rings. The zero-order valence-corrected chi connectivity index (χ0v) is 6.30. The van der Waals surface area contributed by atoms with Gasteiger partial charge in [-0.25, -0.2) is 0 Å². The van der Waals surface area contributed by atoms with Gasteiger partial charge in [-0.1, -0.05) is 5.57 Å². The fourth-order valence-electron chi connectivity index (χ4n) is 1.32. The maximum absolute atomic E-state index is 8.27. The summed E-state index contributed by atoms with van der Waals surface area (Å²) in [6, 6.07) is 0. The van der Waals surface area contributed by atoms with Crippen LogP contribution in [-0.2, 0) is 0 Å². The lowest BCUT2D eigenvalue weighted by molar-refractivity contribution is 0.00386. The Kier molecular flexibility index (Phi) is 2.41. The van der Waals surface area contributed by atoms with Crippen molar-refractivity contribution < 1.29 is 4.79 Å². The van der Waals surface area contributed by atoms with E-state index in [1.165, 1.54) is 30.4 Å². The van der Waals surface area contributed by atoms with Gasteiger partial charge in [-0.15, -0.1) is 0 Å². The Morgan fingerprint density at radius 1 is 1.40 bits per heavy atom. The molecule has 0 N–H and O–H groups in total. The monoisotopic (exact) mass is 136 g/mol. The summed E-state index contributed by atoms with van der Waals surface area (Å²) in [4.78, 5) is 3.03. The van der Waals surface area contributed by atoms with E-state index in [0.29, 0.717) is 0 Å². The minimum Gasteiger partial charge on any atom is -0.362 e. The number of hydrogen-bond acceptors (Lipinski definition) is 0. The molecule has 0 aromatic rings. The van der Waals surface area contributed by atoms with E-state index in [1.54, 1.807) is 6.21 Å². The summed E-state index contributed by atoms with van der Waals surface area (Å²) in [5, 5.41) is 0. The molecular weight excluding hydrogens is 124 g/mol. The molecular formula is C8H12N2. The molecule has 10 heavy (non-hydrogen) atoms. The van der Waals surface area contributed by atoms with Crippen LogP contribution in [0, 0.1) is 0 Å². The lowest BCUT2D eigenvalue weighted by Crippen LogP contribution is -1.98. The maximum atomic E-state index is 8.27. The summed E-state index contributed by atoms with van der Waals surface area (Å²) in [6.07, 6.45) is 6.33. The molecule has 0 heterocycles. The molecule has 0 atom stereocenters. The van der Waals surface area contributed by atoms with Gasteiger partial charge in [0, 0.05) is 5.57 Å². The van der Waals surface area contributed by atoms with Gasteiger partial charge in [-0.2, -0.15) is 4.79 Å². The van der Waals surface area contributed by atoms with Crippen molar-refractivity contribution in [1.29, 1.82) is 0 Å². The largest absolute Gasteiger partial charge is 0.362 e. The third-order valence-electron chi connectivity index (χ3n) is 2.01. The summed E-state index contributed by atoms with van der Waals surface area (Å²) in [7, 11) is 0. The summed E-state index contributed by atoms with van der Waals surface area (Å²) in [5.74, 6) is 0. The molecule has 54 valence electrons. The van der Waals surface area contributed by atoms with Crippen LogP contribution in [0.2, 0.25) is 0 Å². The Bertz CT molecular complexity index is 197. The van der Waals surface area contributed by atoms with Crippen molar-refractivity contribution in [1.82, 2.24) is 0 Å². The van der Waals surface area contributed by atoms with Crippen LogP contribution < -0.4 is 0 Å². The maximum Gasteiger partial charge on any atom is 0.283 e. The number of nitrogens with zero attached hydrogens (tertiary/aromatic N) is 2. The molecule has 0 unspecified atom stereocenters. The third-order valence-corrected chi connectivity index (χ3v) is 2.01. The van der Waals surface area contributed by atoms with Crippen LogP contribution in [0.4, 0.5) is 0 Å². The molecule has 0 aromatic heterocycles. The molecule has 0 saturated carbocycles. The fraction of sp³-hybridized carbons (Fsp3) is 0.625. The average Bonchev–Trinajstić information content (AvgIpc) is 1.94. The van der Waals surface area contributed by atoms with Crippen LogP contribution in [0.15, 0.2) is 11.1 Å². The minimum absolute atomic E-state index is 1.08. The predicted octanol–water partition coefficient (Wildman–Crippen LogP) is 2.18. The summed E-state index contributed by atoms with van der Waals surface area (Å²) in [5.41, 5.74) is 10.9. The zero-order valence-electron chi connectivity index (χ0n) is 6.30. The molecule has 0 fully saturated rings. The molecule has 0 saturated heterocycles. The molecule has 0 spiro atoms. The fourth-order valence-corrected chi connectivity index (χ4v) is 1.32. The van der Waals surface area contributed by atoms with E-state index in [1.807, 2.05) is 0 Å². The second-order valence-electron chi connectivity index (χ2n) is 2.76. The van der Waals surface area contributed by atoms with Crippen molar-refractivity contribution in [3.8, 4) is 0 Å². The van der Waals surface area contributed by atoms with E-state index in [2.05, 4.69) is 11.7 Å². The van der Waals surface area contributed by atoms with Gasteiger partial charge in [0.15, 0.2) is 0 Å². The molecule has 0 bridgehead atoms. The number of rotatable bonds is 1. The highest BCUT2D eigenvalue weighted by Crippen LogP contribution is 2.22. The predicted molar refractivity (Wildman–Crippen MR) is 40.9 cm³/mol. The standard InChI is InChI=1S/C8H12N2/c1-7-4-2-3-5-8(7)6-10-9/h6H,2-5H2,1H3. The van der Waals surface area contributed by atoms with Gasteiger partial charge >= 0.3 is 0 Å². The third kappa shape index (κ3) is 1.55. The second kappa shape index (κ2) is 3.33. The first-order valence-electron chi connectivity index (χ1n) is 3.70. The second-order valence-corrected chi connectivity index (χ2v) is 2.76. The van der Waals surface area contributed by atoms with Crippen LogP contribution >= 0.6 is 0 Å². The van der Waals surface area contributed by atoms with Crippen LogP contribution in [0.1, 0.15) is 32.6 Å². The summed E-state index contributed by atoms with van der Waals surface area (Å²) < 4.78 is 0. The first-order valence-corrected chi connectivity index (χ1v) is 3.70. The number of hydrogen-bond donors (Lipinski definition) is 0. The quantitative estimate of drug-likeness (QED) is 0.301. The first-order chi connectivity index (χ1) is 4.84. The van der Waals surface area contributed by atoms with Crippen LogP contribution in [0.25, 0.3) is 5.53 Å². The Morgan fingerprint density at radius 2 is 2.10 bits per heavy atom. The highest BCUT2D eigenvalue weighted by molar-refractivity contribution is 5.75. The first kappa shape index (κ1) is 7.23. The van der Waals surface area contributed by atoms with E-state index >= 15 is 0 Å². The summed E-state index contributed by atoms with van der Waals surface area (Å²) >= 11 is 0. The lowest BCUT2D eigenvalue weighted by atomic mass is 9.94. The minimum atomic E-state index is 1.08. The van der Waals surface area contributed by atoms with Crippen molar-refractivity contribution in [2.24, 2.45) is 0 Å². The lowest BCUT2D eigenvalue weighted by Gasteiger charge is -2.10. The van der Waals surface area contributed by atoms with Crippen LogP contribution in [-0.4, -0.2) is 11.0 Å². The Hall–Kier alpha value is -0.880. The Morgan fingerprint density at radius 3 is 2.70 bits per heavy atom. The van der Waals surface area contributed by atoms with E-state index in [4.69, 9.17) is 5.53 Å². The van der Waals surface area contributed by atoms with Crippen LogP contribution in [0.5, 0.6) is 0 Å². The zero-order chi connectivity index (χ0) is 7.40. The van der Waals surface area contributed by atoms with Gasteiger partial charge in [0.25, 0.3) is 6.21 Å². The Labute approximate surface area is 61.2 Å². The van der Waals surface area contributed by atoms with E-state index in [-0.39, 0.29) is 0 Å². The van der Waals surface area contributed by atoms with Gasteiger partial charge in [0.05, 0.1) is 0 Å². The average molecular weight is 136 g/mol. The van der Waals surface area contributed by atoms with E-state index in [0.717, 1.165) is 6.42 Å². The highest BCUT2D eigenvalue weighted by atomic mass is 14.8. The van der Waals surface area contributed by atoms with Gasteiger partial charge < -0.3 is 5.53 Å². The smallest absolute Gasteiger partial charge is 0.283 e. The molecule has 0 radical (unpaired) electrons. The summed E-state index contributed by atoms with van der Waals surface area (Å²) in [6.45, 7) is 2.11. The molecule has 1 aliphatic carbocycles.